The van der Waals surface area contributed by atoms with Crippen LogP contribution in [0.25, 0.3) is 0 Å². The van der Waals surface area contributed by atoms with E-state index in [9.17, 15) is 21.6 Å². The summed E-state index contributed by atoms with van der Waals surface area (Å²) < 4.78 is 61.4. The average molecular weight is 406 g/mol. The molecule has 0 spiro atoms. The Morgan fingerprint density at radius 2 is 1.96 bits per heavy atom. The third-order valence-electron chi connectivity index (χ3n) is 4.27. The zero-order chi connectivity index (χ0) is 20.1. The lowest BCUT2D eigenvalue weighted by atomic mass is 10.1. The van der Waals surface area contributed by atoms with E-state index in [2.05, 4.69) is 15.6 Å². The van der Waals surface area contributed by atoms with Crippen molar-refractivity contribution < 1.29 is 21.6 Å². The van der Waals surface area contributed by atoms with Gasteiger partial charge in [-0.15, -0.1) is 0 Å². The summed E-state index contributed by atoms with van der Waals surface area (Å²) in [6.07, 6.45) is 0.564. The molecule has 0 aromatic heterocycles. The molecule has 27 heavy (non-hydrogen) atoms. The van der Waals surface area contributed by atoms with E-state index in [1.54, 1.807) is 0 Å². The van der Waals surface area contributed by atoms with Crippen molar-refractivity contribution in [1.82, 2.24) is 14.9 Å². The molecule has 1 aromatic rings. The molecular weight excluding hydrogens is 381 g/mol. The van der Waals surface area contributed by atoms with E-state index in [-0.39, 0.29) is 32.0 Å². The van der Waals surface area contributed by atoms with Gasteiger partial charge in [-0.2, -0.15) is 17.5 Å². The number of aryl methyl sites for hydroxylation is 1. The maximum Gasteiger partial charge on any atom is 0.511 e. The van der Waals surface area contributed by atoms with Crippen LogP contribution in [0.1, 0.15) is 30.9 Å². The van der Waals surface area contributed by atoms with E-state index in [1.807, 2.05) is 38.1 Å². The van der Waals surface area contributed by atoms with Gasteiger partial charge in [0.25, 0.3) is 0 Å². The molecular formula is C17H25F3N4O2S. The van der Waals surface area contributed by atoms with Gasteiger partial charge in [-0.1, -0.05) is 29.8 Å². The van der Waals surface area contributed by atoms with Gasteiger partial charge in [-0.3, -0.25) is 0 Å². The fourth-order valence-corrected chi connectivity index (χ4v) is 3.87. The molecule has 0 unspecified atom stereocenters. The molecule has 6 nitrogen and oxygen atoms in total. The molecule has 1 fully saturated rings. The van der Waals surface area contributed by atoms with Crippen LogP contribution in [0.4, 0.5) is 13.2 Å². The van der Waals surface area contributed by atoms with Crippen molar-refractivity contribution in [3.8, 4) is 0 Å². The monoisotopic (exact) mass is 406 g/mol. The van der Waals surface area contributed by atoms with Crippen molar-refractivity contribution in [3.05, 3.63) is 35.4 Å². The zero-order valence-electron chi connectivity index (χ0n) is 15.4. The number of benzene rings is 1. The van der Waals surface area contributed by atoms with Crippen LogP contribution in [0, 0.1) is 6.92 Å². The number of sulfonamides is 1. The Balaban J connectivity index is 1.95. The first-order valence-corrected chi connectivity index (χ1v) is 10.2. The first kappa shape index (κ1) is 21.5. The van der Waals surface area contributed by atoms with Gasteiger partial charge >= 0.3 is 15.5 Å². The molecule has 1 saturated heterocycles. The largest absolute Gasteiger partial charge is 0.511 e. The van der Waals surface area contributed by atoms with Gasteiger partial charge in [0.1, 0.15) is 0 Å². The van der Waals surface area contributed by atoms with Crippen LogP contribution in [0.15, 0.2) is 29.3 Å². The van der Waals surface area contributed by atoms with Crippen molar-refractivity contribution >= 4 is 16.0 Å². The number of hydrogen-bond acceptors (Lipinski definition) is 3. The van der Waals surface area contributed by atoms with Gasteiger partial charge in [0.15, 0.2) is 5.96 Å². The molecule has 2 N–H and O–H groups in total. The number of alkyl halides is 3. The minimum absolute atomic E-state index is 0.139. The van der Waals surface area contributed by atoms with Crippen LogP contribution in [0.2, 0.25) is 0 Å². The second kappa shape index (κ2) is 8.92. The van der Waals surface area contributed by atoms with E-state index in [0.717, 1.165) is 11.1 Å². The highest BCUT2D eigenvalue weighted by molar-refractivity contribution is 7.90. The highest BCUT2D eigenvalue weighted by Crippen LogP contribution is 2.28. The van der Waals surface area contributed by atoms with Gasteiger partial charge < -0.3 is 10.6 Å². The highest BCUT2D eigenvalue weighted by Gasteiger charge is 2.50. The molecule has 0 saturated carbocycles. The Morgan fingerprint density at radius 1 is 1.30 bits per heavy atom. The minimum atomic E-state index is -5.25. The van der Waals surface area contributed by atoms with Crippen molar-refractivity contribution in [3.63, 3.8) is 0 Å². The highest BCUT2D eigenvalue weighted by atomic mass is 32.2. The molecule has 1 aliphatic heterocycles. The van der Waals surface area contributed by atoms with Crippen LogP contribution < -0.4 is 10.6 Å². The maximum atomic E-state index is 12.6. The number of rotatable bonds is 5. The van der Waals surface area contributed by atoms with Crippen LogP contribution in [0.3, 0.4) is 0 Å². The summed E-state index contributed by atoms with van der Waals surface area (Å²) in [7, 11) is -5.25. The molecule has 0 aliphatic carbocycles. The number of piperidine rings is 1. The Bertz CT molecular complexity index is 758. The number of nitrogens with zero attached hydrogens (tertiary/aromatic N) is 2. The first-order chi connectivity index (χ1) is 12.6. The lowest BCUT2D eigenvalue weighted by Gasteiger charge is -2.32. The number of nitrogens with one attached hydrogen (secondary N) is 2. The Hall–Kier alpha value is -1.81. The quantitative estimate of drug-likeness (QED) is 0.582. The van der Waals surface area contributed by atoms with Crippen LogP contribution in [-0.4, -0.2) is 49.9 Å². The van der Waals surface area contributed by atoms with Gasteiger partial charge in [-0.25, -0.2) is 13.4 Å². The van der Waals surface area contributed by atoms with Gasteiger partial charge in [-0.05, 0) is 32.3 Å². The SMILES string of the molecule is CCNC(=NCc1cccc(C)c1)NC1CCN(S(=O)(=O)C(F)(F)F)CC1. The minimum Gasteiger partial charge on any atom is -0.357 e. The zero-order valence-corrected chi connectivity index (χ0v) is 16.2. The predicted octanol–water partition coefficient (Wildman–Crippen LogP) is 2.36. The summed E-state index contributed by atoms with van der Waals surface area (Å²) in [6, 6.07) is 7.82. The number of halogens is 3. The lowest BCUT2D eigenvalue weighted by molar-refractivity contribution is -0.0494. The predicted molar refractivity (Wildman–Crippen MR) is 98.7 cm³/mol. The molecule has 1 heterocycles. The van der Waals surface area contributed by atoms with Crippen molar-refractivity contribution in [2.24, 2.45) is 4.99 Å². The molecule has 0 bridgehead atoms. The third-order valence-corrected chi connectivity index (χ3v) is 5.90. The van der Waals surface area contributed by atoms with E-state index in [4.69, 9.17) is 0 Å². The third kappa shape index (κ3) is 5.83. The van der Waals surface area contributed by atoms with E-state index in [1.165, 1.54) is 0 Å². The van der Waals surface area contributed by atoms with Crippen molar-refractivity contribution in [2.45, 2.75) is 44.8 Å². The van der Waals surface area contributed by atoms with Gasteiger partial charge in [0.05, 0.1) is 6.54 Å². The fraction of sp³-hybridized carbons (Fsp3) is 0.588. The molecule has 1 aromatic carbocycles. The molecule has 152 valence electrons. The Labute approximate surface area is 157 Å². The van der Waals surface area contributed by atoms with Gasteiger partial charge in [0, 0.05) is 25.7 Å². The summed E-state index contributed by atoms with van der Waals surface area (Å²) in [6.45, 7) is 4.69. The molecule has 10 heteroatoms. The van der Waals surface area contributed by atoms with Crippen LogP contribution in [0.5, 0.6) is 0 Å². The number of hydrogen-bond donors (Lipinski definition) is 2. The molecule has 0 radical (unpaired) electrons. The van der Waals surface area contributed by atoms with Gasteiger partial charge in [0.2, 0.25) is 0 Å². The van der Waals surface area contributed by atoms with E-state index >= 15 is 0 Å². The topological polar surface area (TPSA) is 73.8 Å². The maximum absolute atomic E-state index is 12.6. The Morgan fingerprint density at radius 3 is 2.52 bits per heavy atom. The van der Waals surface area contributed by atoms with E-state index < -0.39 is 15.5 Å². The summed E-state index contributed by atoms with van der Waals surface area (Å²) in [5, 5.41) is 6.30. The average Bonchev–Trinajstić information content (AvgIpc) is 2.59. The smallest absolute Gasteiger partial charge is 0.357 e. The number of guanidine groups is 1. The van der Waals surface area contributed by atoms with Crippen LogP contribution >= 0.6 is 0 Å². The molecule has 0 atom stereocenters. The van der Waals surface area contributed by atoms with Crippen molar-refractivity contribution in [2.75, 3.05) is 19.6 Å². The number of aliphatic imine (C=N–C) groups is 1. The van der Waals surface area contributed by atoms with Crippen molar-refractivity contribution in [1.29, 1.82) is 0 Å². The van der Waals surface area contributed by atoms with Crippen LogP contribution in [-0.2, 0) is 16.6 Å². The molecule has 2 rings (SSSR count). The summed E-state index contributed by atoms with van der Waals surface area (Å²) >= 11 is 0. The summed E-state index contributed by atoms with van der Waals surface area (Å²) in [5.41, 5.74) is -3.06. The standard InChI is InChI=1S/C17H25F3N4O2S/c1-3-21-16(22-12-14-6-4-5-13(2)11-14)23-15-7-9-24(10-8-15)27(25,26)17(18,19)20/h4-6,11,15H,3,7-10,12H2,1-2H3,(H2,21,22,23). The summed E-state index contributed by atoms with van der Waals surface area (Å²) in [4.78, 5) is 4.51. The Kier molecular flexibility index (Phi) is 7.10. The van der Waals surface area contributed by atoms with E-state index in [0.29, 0.717) is 23.4 Å². The molecule has 0 amide bonds. The first-order valence-electron chi connectivity index (χ1n) is 8.80. The molecule has 1 aliphatic rings. The second-order valence-electron chi connectivity index (χ2n) is 6.45. The fourth-order valence-electron chi connectivity index (χ4n) is 2.88. The second-order valence-corrected chi connectivity index (χ2v) is 8.38. The lowest BCUT2D eigenvalue weighted by Crippen LogP contribution is -2.51. The normalized spacial score (nSPS) is 17.7. The summed E-state index contributed by atoms with van der Waals surface area (Å²) in [5.74, 6) is 0.566.